The zero-order valence-corrected chi connectivity index (χ0v) is 14.2. The fraction of sp³-hybridized carbons (Fsp3) is 0.263. The van der Waals surface area contributed by atoms with Gasteiger partial charge in [0.1, 0.15) is 12.4 Å². The number of ether oxygens (including phenoxy) is 1. The molecule has 0 aliphatic carbocycles. The first-order valence-corrected chi connectivity index (χ1v) is 7.70. The van der Waals surface area contributed by atoms with Crippen LogP contribution in [0.4, 0.5) is 0 Å². The Kier molecular flexibility index (Phi) is 5.95. The van der Waals surface area contributed by atoms with Crippen molar-refractivity contribution in [2.24, 2.45) is 0 Å². The van der Waals surface area contributed by atoms with Crippen molar-refractivity contribution in [3.8, 4) is 5.75 Å². The standard InChI is InChI=1S/C19H22N2O3/c1-20(2)18(22)13-21(3)19(23)16-11-9-15(10-12-16)14-24-17-7-5-4-6-8-17/h4-12H,13-14H2,1-3H3. The van der Waals surface area contributed by atoms with Crippen LogP contribution in [0.5, 0.6) is 5.75 Å². The summed E-state index contributed by atoms with van der Waals surface area (Å²) >= 11 is 0. The first-order chi connectivity index (χ1) is 11.5. The highest BCUT2D eigenvalue weighted by atomic mass is 16.5. The molecule has 0 fully saturated rings. The van der Waals surface area contributed by atoms with E-state index >= 15 is 0 Å². The largest absolute Gasteiger partial charge is 0.489 e. The Morgan fingerprint density at radius 3 is 2.12 bits per heavy atom. The van der Waals surface area contributed by atoms with Crippen LogP contribution < -0.4 is 4.74 Å². The number of para-hydroxylation sites is 1. The van der Waals surface area contributed by atoms with E-state index in [1.165, 1.54) is 9.80 Å². The van der Waals surface area contributed by atoms with Crippen molar-refractivity contribution in [2.45, 2.75) is 6.61 Å². The number of hydrogen-bond donors (Lipinski definition) is 0. The number of nitrogens with zero attached hydrogens (tertiary/aromatic N) is 2. The molecule has 2 amide bonds. The Balaban J connectivity index is 1.93. The van der Waals surface area contributed by atoms with Crippen LogP contribution in [-0.2, 0) is 11.4 Å². The lowest BCUT2D eigenvalue weighted by molar-refractivity contribution is -0.129. The van der Waals surface area contributed by atoms with E-state index in [2.05, 4.69) is 0 Å². The Bertz CT molecular complexity index is 682. The number of carbonyl (C=O) groups is 2. The Morgan fingerprint density at radius 2 is 1.54 bits per heavy atom. The highest BCUT2D eigenvalue weighted by Gasteiger charge is 2.15. The molecule has 0 spiro atoms. The van der Waals surface area contributed by atoms with Gasteiger partial charge in [-0.1, -0.05) is 30.3 Å². The number of likely N-dealkylation sites (N-methyl/N-ethyl adjacent to an activating group) is 2. The van der Waals surface area contributed by atoms with E-state index < -0.39 is 0 Å². The molecule has 5 nitrogen and oxygen atoms in total. The normalized spacial score (nSPS) is 10.1. The molecular weight excluding hydrogens is 304 g/mol. The van der Waals surface area contributed by atoms with Gasteiger partial charge in [-0.05, 0) is 29.8 Å². The minimum atomic E-state index is -0.180. The van der Waals surface area contributed by atoms with Crippen LogP contribution in [0.1, 0.15) is 15.9 Å². The Morgan fingerprint density at radius 1 is 0.917 bits per heavy atom. The van der Waals surface area contributed by atoms with Crippen molar-refractivity contribution in [3.05, 3.63) is 65.7 Å². The summed E-state index contributed by atoms with van der Waals surface area (Å²) in [6.07, 6.45) is 0. The van der Waals surface area contributed by atoms with Crippen LogP contribution >= 0.6 is 0 Å². The number of rotatable bonds is 6. The summed E-state index contributed by atoms with van der Waals surface area (Å²) in [6, 6.07) is 16.8. The maximum absolute atomic E-state index is 12.3. The summed E-state index contributed by atoms with van der Waals surface area (Å²) < 4.78 is 5.67. The monoisotopic (exact) mass is 326 g/mol. The molecule has 0 aliphatic heterocycles. The van der Waals surface area contributed by atoms with Gasteiger partial charge in [0.15, 0.2) is 0 Å². The number of hydrogen-bond acceptors (Lipinski definition) is 3. The molecule has 0 unspecified atom stereocenters. The molecule has 126 valence electrons. The van der Waals surface area contributed by atoms with Crippen LogP contribution in [0.15, 0.2) is 54.6 Å². The summed E-state index contributed by atoms with van der Waals surface area (Å²) in [6.45, 7) is 0.498. The fourth-order valence-electron chi connectivity index (χ4n) is 2.06. The van der Waals surface area contributed by atoms with Gasteiger partial charge in [-0.3, -0.25) is 9.59 Å². The maximum Gasteiger partial charge on any atom is 0.254 e. The van der Waals surface area contributed by atoms with E-state index in [9.17, 15) is 9.59 Å². The lowest BCUT2D eigenvalue weighted by Gasteiger charge is -2.19. The Hall–Kier alpha value is -2.82. The van der Waals surface area contributed by atoms with Crippen LogP contribution in [-0.4, -0.2) is 49.3 Å². The lowest BCUT2D eigenvalue weighted by Crippen LogP contribution is -2.37. The SMILES string of the molecule is CN(C)C(=O)CN(C)C(=O)c1ccc(COc2ccccc2)cc1. The van der Waals surface area contributed by atoms with Crippen molar-refractivity contribution in [1.82, 2.24) is 9.80 Å². The summed E-state index contributed by atoms with van der Waals surface area (Å²) in [5.41, 5.74) is 1.52. The van der Waals surface area contributed by atoms with E-state index in [1.807, 2.05) is 42.5 Å². The smallest absolute Gasteiger partial charge is 0.254 e. The summed E-state index contributed by atoms with van der Waals surface area (Å²) in [5, 5.41) is 0. The van der Waals surface area contributed by atoms with E-state index in [-0.39, 0.29) is 18.4 Å². The topological polar surface area (TPSA) is 49.9 Å². The molecule has 0 atom stereocenters. The van der Waals surface area contributed by atoms with Gasteiger partial charge < -0.3 is 14.5 Å². The molecule has 0 saturated heterocycles. The third-order valence-corrected chi connectivity index (χ3v) is 3.57. The second-order valence-electron chi connectivity index (χ2n) is 5.75. The molecule has 2 aromatic rings. The first-order valence-electron chi connectivity index (χ1n) is 7.70. The quantitative estimate of drug-likeness (QED) is 0.819. The second-order valence-corrected chi connectivity index (χ2v) is 5.75. The van der Waals surface area contributed by atoms with Crippen molar-refractivity contribution >= 4 is 11.8 Å². The zero-order chi connectivity index (χ0) is 17.5. The highest BCUT2D eigenvalue weighted by molar-refractivity contribution is 5.96. The highest BCUT2D eigenvalue weighted by Crippen LogP contribution is 2.13. The van der Waals surface area contributed by atoms with Gasteiger partial charge in [0.25, 0.3) is 5.91 Å². The van der Waals surface area contributed by atoms with Gasteiger partial charge in [0.05, 0.1) is 6.54 Å². The van der Waals surface area contributed by atoms with Gasteiger partial charge in [0.2, 0.25) is 5.91 Å². The number of amides is 2. The van der Waals surface area contributed by atoms with Crippen LogP contribution in [0.3, 0.4) is 0 Å². The van der Waals surface area contributed by atoms with E-state index in [0.29, 0.717) is 12.2 Å². The van der Waals surface area contributed by atoms with Gasteiger partial charge in [-0.2, -0.15) is 0 Å². The molecule has 0 aromatic heterocycles. The van der Waals surface area contributed by atoms with Crippen LogP contribution in [0.25, 0.3) is 0 Å². The fourth-order valence-corrected chi connectivity index (χ4v) is 2.06. The van der Waals surface area contributed by atoms with Crippen molar-refractivity contribution in [3.63, 3.8) is 0 Å². The predicted molar refractivity (Wildman–Crippen MR) is 92.9 cm³/mol. The summed E-state index contributed by atoms with van der Waals surface area (Å²) in [5.74, 6) is 0.513. The van der Waals surface area contributed by atoms with E-state index in [1.54, 1.807) is 33.3 Å². The average Bonchev–Trinajstić information content (AvgIpc) is 2.60. The molecule has 0 saturated carbocycles. The van der Waals surface area contributed by atoms with Crippen molar-refractivity contribution in [1.29, 1.82) is 0 Å². The molecule has 0 heterocycles. The van der Waals surface area contributed by atoms with Crippen molar-refractivity contribution < 1.29 is 14.3 Å². The van der Waals surface area contributed by atoms with Crippen LogP contribution in [0.2, 0.25) is 0 Å². The Labute approximate surface area is 142 Å². The molecule has 2 rings (SSSR count). The van der Waals surface area contributed by atoms with E-state index in [4.69, 9.17) is 4.74 Å². The van der Waals surface area contributed by atoms with Gasteiger partial charge in [-0.15, -0.1) is 0 Å². The first kappa shape index (κ1) is 17.5. The molecular formula is C19H22N2O3. The molecule has 0 aliphatic rings. The summed E-state index contributed by atoms with van der Waals surface area (Å²) in [7, 11) is 4.96. The minimum absolute atomic E-state index is 0.0602. The maximum atomic E-state index is 12.3. The summed E-state index contributed by atoms with van der Waals surface area (Å²) in [4.78, 5) is 26.9. The third kappa shape index (κ3) is 4.84. The van der Waals surface area contributed by atoms with Gasteiger partial charge in [0, 0.05) is 26.7 Å². The van der Waals surface area contributed by atoms with Gasteiger partial charge >= 0.3 is 0 Å². The second kappa shape index (κ2) is 8.15. The molecule has 0 N–H and O–H groups in total. The van der Waals surface area contributed by atoms with E-state index in [0.717, 1.165) is 11.3 Å². The number of benzene rings is 2. The third-order valence-electron chi connectivity index (χ3n) is 3.57. The molecule has 2 aromatic carbocycles. The lowest BCUT2D eigenvalue weighted by atomic mass is 10.1. The minimum Gasteiger partial charge on any atom is -0.489 e. The average molecular weight is 326 g/mol. The molecule has 0 radical (unpaired) electrons. The molecule has 5 heteroatoms. The predicted octanol–water partition coefficient (Wildman–Crippen LogP) is 2.43. The van der Waals surface area contributed by atoms with Crippen LogP contribution in [0, 0.1) is 0 Å². The molecule has 24 heavy (non-hydrogen) atoms. The number of carbonyl (C=O) groups excluding carboxylic acids is 2. The molecule has 0 bridgehead atoms. The zero-order valence-electron chi connectivity index (χ0n) is 14.2. The van der Waals surface area contributed by atoms with Crippen molar-refractivity contribution in [2.75, 3.05) is 27.7 Å². The van der Waals surface area contributed by atoms with Gasteiger partial charge in [-0.25, -0.2) is 0 Å².